The van der Waals surface area contributed by atoms with Gasteiger partial charge in [0.25, 0.3) is 0 Å². The highest BCUT2D eigenvalue weighted by Crippen LogP contribution is 2.31. The number of benzene rings is 3. The lowest BCUT2D eigenvalue weighted by molar-refractivity contribution is 0.246. The van der Waals surface area contributed by atoms with Gasteiger partial charge in [-0.25, -0.2) is 4.98 Å². The van der Waals surface area contributed by atoms with Gasteiger partial charge in [0.05, 0.1) is 11.4 Å². The minimum Gasteiger partial charge on any atom is -0.326 e. The summed E-state index contributed by atoms with van der Waals surface area (Å²) < 4.78 is 2.47. The second-order valence-electron chi connectivity index (χ2n) is 9.17. The molecule has 4 rings (SSSR count). The van der Waals surface area contributed by atoms with E-state index in [4.69, 9.17) is 4.98 Å². The van der Waals surface area contributed by atoms with E-state index >= 15 is 0 Å². The van der Waals surface area contributed by atoms with Gasteiger partial charge in [-0.1, -0.05) is 111 Å². The van der Waals surface area contributed by atoms with Crippen molar-refractivity contribution in [1.82, 2.24) is 14.5 Å². The van der Waals surface area contributed by atoms with Gasteiger partial charge in [0.2, 0.25) is 0 Å². The Kier molecular flexibility index (Phi) is 8.32. The molecular weight excluding hydrogens is 414 g/mol. The van der Waals surface area contributed by atoms with Crippen LogP contribution in [0.15, 0.2) is 84.9 Å². The predicted molar refractivity (Wildman–Crippen MR) is 144 cm³/mol. The molecule has 3 nitrogen and oxygen atoms in total. The van der Waals surface area contributed by atoms with E-state index in [-0.39, 0.29) is 0 Å². The zero-order chi connectivity index (χ0) is 23.8. The zero-order valence-electron chi connectivity index (χ0n) is 20.9. The van der Waals surface area contributed by atoms with Crippen molar-refractivity contribution in [3.63, 3.8) is 0 Å². The van der Waals surface area contributed by atoms with Gasteiger partial charge in [-0.2, -0.15) is 0 Å². The highest BCUT2D eigenvalue weighted by atomic mass is 15.2. The molecule has 34 heavy (non-hydrogen) atoms. The summed E-state index contributed by atoms with van der Waals surface area (Å²) in [6.07, 6.45) is 3.46. The molecule has 3 aromatic carbocycles. The molecule has 0 radical (unpaired) electrons. The van der Waals surface area contributed by atoms with Gasteiger partial charge >= 0.3 is 0 Å². The van der Waals surface area contributed by atoms with Crippen molar-refractivity contribution in [2.75, 3.05) is 6.54 Å². The lowest BCUT2D eigenvalue weighted by atomic mass is 10.1. The Morgan fingerprint density at radius 3 is 2.12 bits per heavy atom. The Morgan fingerprint density at radius 1 is 0.765 bits per heavy atom. The second-order valence-corrected chi connectivity index (χ2v) is 9.17. The number of hydrogen-bond acceptors (Lipinski definition) is 2. The molecule has 176 valence electrons. The van der Waals surface area contributed by atoms with Crippen LogP contribution in [0.2, 0.25) is 0 Å². The van der Waals surface area contributed by atoms with Crippen LogP contribution in [0.5, 0.6) is 0 Å². The van der Waals surface area contributed by atoms with Gasteiger partial charge in [-0.3, -0.25) is 4.90 Å². The number of unbranched alkanes of at least 4 members (excludes halogenated alkanes) is 1. The van der Waals surface area contributed by atoms with Gasteiger partial charge in [0.15, 0.2) is 0 Å². The summed E-state index contributed by atoms with van der Waals surface area (Å²) in [5.41, 5.74) is 7.49. The molecule has 0 fully saturated rings. The van der Waals surface area contributed by atoms with Crippen LogP contribution in [-0.2, 0) is 19.6 Å². The van der Waals surface area contributed by atoms with Gasteiger partial charge < -0.3 is 4.57 Å². The van der Waals surface area contributed by atoms with E-state index in [1.165, 1.54) is 40.8 Å². The van der Waals surface area contributed by atoms with Gasteiger partial charge in [0.1, 0.15) is 5.82 Å². The summed E-state index contributed by atoms with van der Waals surface area (Å²) in [5, 5.41) is 0. The molecule has 0 spiro atoms. The lowest BCUT2D eigenvalue weighted by Crippen LogP contribution is -2.26. The highest BCUT2D eigenvalue weighted by molar-refractivity contribution is 5.68. The van der Waals surface area contributed by atoms with Crippen molar-refractivity contribution in [2.45, 2.75) is 59.7 Å². The zero-order valence-corrected chi connectivity index (χ0v) is 20.9. The molecule has 0 saturated heterocycles. The highest BCUT2D eigenvalue weighted by Gasteiger charge is 2.21. The average molecular weight is 452 g/mol. The number of hydrogen-bond donors (Lipinski definition) is 0. The maximum Gasteiger partial charge on any atom is 0.140 e. The third-order valence-electron chi connectivity index (χ3n) is 6.29. The molecule has 0 aliphatic heterocycles. The van der Waals surface area contributed by atoms with Crippen LogP contribution in [-0.4, -0.2) is 21.0 Å². The molecule has 4 aromatic rings. The smallest absolute Gasteiger partial charge is 0.140 e. The summed E-state index contributed by atoms with van der Waals surface area (Å²) in [7, 11) is 0. The van der Waals surface area contributed by atoms with Crippen LogP contribution in [0.3, 0.4) is 0 Å². The maximum absolute atomic E-state index is 5.26. The van der Waals surface area contributed by atoms with Crippen LogP contribution in [0.1, 0.15) is 49.9 Å². The third-order valence-corrected chi connectivity index (χ3v) is 6.29. The summed E-state index contributed by atoms with van der Waals surface area (Å²) in [5.74, 6) is 1.07. The molecule has 1 heterocycles. The first kappa shape index (κ1) is 24.0. The molecule has 0 amide bonds. The Balaban J connectivity index is 1.78. The van der Waals surface area contributed by atoms with Crippen molar-refractivity contribution in [1.29, 1.82) is 0 Å². The monoisotopic (exact) mass is 451 g/mol. The van der Waals surface area contributed by atoms with Crippen molar-refractivity contribution in [3.8, 4) is 22.6 Å². The summed E-state index contributed by atoms with van der Waals surface area (Å²) in [6.45, 7) is 10.6. The predicted octanol–water partition coefficient (Wildman–Crippen LogP) is 7.74. The standard InChI is InChI=1S/C31H37N3/c1-4-6-21-33(23-26-15-13-14-25(3)22-26)24-29-30(27-16-9-7-10-17-27)32-31(34(29)20-5-2)28-18-11-8-12-19-28/h7-19,22H,4-6,20-21,23-24H2,1-3H3. The number of nitrogens with zero attached hydrogens (tertiary/aromatic N) is 3. The SMILES string of the molecule is CCCCN(Cc1cccc(C)c1)Cc1c(-c2ccccc2)nc(-c2ccccc2)n1CCC. The molecule has 3 heteroatoms. The molecule has 0 bridgehead atoms. The molecule has 0 aliphatic carbocycles. The van der Waals surface area contributed by atoms with E-state index in [1.807, 2.05) is 0 Å². The molecule has 0 unspecified atom stereocenters. The van der Waals surface area contributed by atoms with Crippen molar-refractivity contribution in [3.05, 3.63) is 102 Å². The lowest BCUT2D eigenvalue weighted by Gasteiger charge is -2.24. The van der Waals surface area contributed by atoms with Crippen molar-refractivity contribution in [2.24, 2.45) is 0 Å². The van der Waals surface area contributed by atoms with Crippen molar-refractivity contribution >= 4 is 0 Å². The first-order valence-corrected chi connectivity index (χ1v) is 12.7. The molecular formula is C31H37N3. The summed E-state index contributed by atoms with van der Waals surface area (Å²) >= 11 is 0. The van der Waals surface area contributed by atoms with Crippen LogP contribution in [0.25, 0.3) is 22.6 Å². The fraction of sp³-hybridized carbons (Fsp3) is 0.323. The molecule has 0 atom stereocenters. The normalized spacial score (nSPS) is 11.3. The molecule has 0 saturated carbocycles. The molecule has 1 aromatic heterocycles. The van der Waals surface area contributed by atoms with Crippen LogP contribution >= 0.6 is 0 Å². The van der Waals surface area contributed by atoms with Gasteiger partial charge in [-0.15, -0.1) is 0 Å². The largest absolute Gasteiger partial charge is 0.326 e. The Bertz CT molecular complexity index is 1160. The Morgan fingerprint density at radius 2 is 1.47 bits per heavy atom. The van der Waals surface area contributed by atoms with E-state index in [0.717, 1.165) is 44.1 Å². The summed E-state index contributed by atoms with van der Waals surface area (Å²) in [6, 6.07) is 30.2. The van der Waals surface area contributed by atoms with Crippen LogP contribution < -0.4 is 0 Å². The first-order chi connectivity index (χ1) is 16.7. The minimum absolute atomic E-state index is 0.887. The Labute approximate surface area is 205 Å². The maximum atomic E-state index is 5.26. The number of aryl methyl sites for hydroxylation is 1. The van der Waals surface area contributed by atoms with Gasteiger partial charge in [0, 0.05) is 30.8 Å². The molecule has 0 aliphatic rings. The molecule has 0 N–H and O–H groups in total. The third kappa shape index (κ3) is 5.84. The number of imidazole rings is 1. The van der Waals surface area contributed by atoms with E-state index < -0.39 is 0 Å². The van der Waals surface area contributed by atoms with Crippen LogP contribution in [0, 0.1) is 6.92 Å². The van der Waals surface area contributed by atoms with Crippen LogP contribution in [0.4, 0.5) is 0 Å². The van der Waals surface area contributed by atoms with Gasteiger partial charge in [-0.05, 0) is 31.9 Å². The van der Waals surface area contributed by atoms with E-state index in [0.29, 0.717) is 0 Å². The van der Waals surface area contributed by atoms with E-state index in [1.54, 1.807) is 0 Å². The average Bonchev–Trinajstić information content (AvgIpc) is 3.22. The fourth-order valence-electron chi connectivity index (χ4n) is 4.62. The number of rotatable bonds is 11. The topological polar surface area (TPSA) is 21.1 Å². The van der Waals surface area contributed by atoms with E-state index in [2.05, 4.69) is 115 Å². The first-order valence-electron chi connectivity index (χ1n) is 12.7. The van der Waals surface area contributed by atoms with Crippen molar-refractivity contribution < 1.29 is 0 Å². The number of aromatic nitrogens is 2. The summed E-state index contributed by atoms with van der Waals surface area (Å²) in [4.78, 5) is 7.86. The minimum atomic E-state index is 0.887. The second kappa shape index (κ2) is 11.8. The quantitative estimate of drug-likeness (QED) is 0.232. The van der Waals surface area contributed by atoms with E-state index in [9.17, 15) is 0 Å². The Hall–Kier alpha value is -3.17. The fourth-order valence-corrected chi connectivity index (χ4v) is 4.62.